The first kappa shape index (κ1) is 24.8. The minimum Gasteiger partial charge on any atom is -0.280 e. The molecule has 2 N–H and O–H groups in total. The highest BCUT2D eigenvalue weighted by Gasteiger charge is 2.33. The average molecular weight is 541 g/mol. The normalized spacial score (nSPS) is 12.5. The first-order valence-electron chi connectivity index (χ1n) is 9.86. The molecule has 0 aliphatic heterocycles. The van der Waals surface area contributed by atoms with Crippen LogP contribution < -0.4 is 9.44 Å². The first-order valence-corrected chi connectivity index (χ1v) is 13.2. The Balaban J connectivity index is 1.54. The maximum absolute atomic E-state index is 13.0. The van der Waals surface area contributed by atoms with Gasteiger partial charge in [0.15, 0.2) is 0 Å². The maximum Gasteiger partial charge on any atom is 0.417 e. The molecule has 4 aromatic rings. The molecule has 6 nitrogen and oxygen atoms in total. The van der Waals surface area contributed by atoms with E-state index in [1.807, 2.05) is 12.1 Å². The second-order valence-electron chi connectivity index (χ2n) is 7.44. The Kier molecular flexibility index (Phi) is 6.43. The van der Waals surface area contributed by atoms with Gasteiger partial charge in [-0.15, -0.1) is 0 Å². The molecule has 0 fully saturated rings. The molecule has 0 saturated carbocycles. The molecular formula is C23H16ClF3N2O4S2. The quantitative estimate of drug-likeness (QED) is 0.308. The van der Waals surface area contributed by atoms with E-state index in [0.717, 1.165) is 35.0 Å². The monoisotopic (exact) mass is 540 g/mol. The second kappa shape index (κ2) is 9.06. The molecule has 4 rings (SSSR count). The fourth-order valence-electron chi connectivity index (χ4n) is 3.27. The van der Waals surface area contributed by atoms with Crippen molar-refractivity contribution in [3.05, 3.63) is 95.5 Å². The Morgan fingerprint density at radius 3 is 1.83 bits per heavy atom. The van der Waals surface area contributed by atoms with Crippen LogP contribution in [0.15, 0.2) is 94.7 Å². The van der Waals surface area contributed by atoms with Crippen LogP contribution in [-0.4, -0.2) is 16.8 Å². The van der Waals surface area contributed by atoms with Gasteiger partial charge in [0.1, 0.15) is 0 Å². The van der Waals surface area contributed by atoms with Crippen LogP contribution in [-0.2, 0) is 26.2 Å². The van der Waals surface area contributed by atoms with E-state index in [9.17, 15) is 30.0 Å². The van der Waals surface area contributed by atoms with Crippen molar-refractivity contribution in [2.24, 2.45) is 0 Å². The van der Waals surface area contributed by atoms with Crippen molar-refractivity contribution in [1.82, 2.24) is 0 Å². The van der Waals surface area contributed by atoms with E-state index in [-0.39, 0.29) is 21.2 Å². The third-order valence-corrected chi connectivity index (χ3v) is 8.08. The van der Waals surface area contributed by atoms with Crippen LogP contribution in [0.5, 0.6) is 0 Å². The third kappa shape index (κ3) is 5.53. The van der Waals surface area contributed by atoms with E-state index in [0.29, 0.717) is 6.07 Å². The van der Waals surface area contributed by atoms with E-state index >= 15 is 0 Å². The molecule has 0 amide bonds. The Labute approximate surface area is 204 Å². The molecule has 0 unspecified atom stereocenters. The van der Waals surface area contributed by atoms with Crippen molar-refractivity contribution in [1.29, 1.82) is 0 Å². The van der Waals surface area contributed by atoms with Crippen LogP contribution in [0.4, 0.5) is 24.5 Å². The van der Waals surface area contributed by atoms with Crippen molar-refractivity contribution in [3.8, 4) is 0 Å². The summed E-state index contributed by atoms with van der Waals surface area (Å²) in [6.45, 7) is 0. The van der Waals surface area contributed by atoms with Crippen molar-refractivity contribution in [2.45, 2.75) is 16.0 Å². The molecule has 0 bridgehead atoms. The summed E-state index contributed by atoms with van der Waals surface area (Å²) >= 11 is 5.56. The molecule has 0 aromatic heterocycles. The zero-order chi connectivity index (χ0) is 25.4. The number of alkyl halides is 3. The highest BCUT2D eigenvalue weighted by Crippen LogP contribution is 2.36. The van der Waals surface area contributed by atoms with E-state index in [1.54, 1.807) is 18.2 Å². The summed E-state index contributed by atoms with van der Waals surface area (Å²) in [5, 5.41) is 1.04. The maximum atomic E-state index is 13.0. The number of sulfonamides is 2. The molecular weight excluding hydrogens is 525 g/mol. The SMILES string of the molecule is O=S(=O)(Nc1ccc(Cl)c(C(F)(F)F)c1)c1ccc(NS(=O)(=O)c2ccc3ccccc3c2)cc1. The van der Waals surface area contributed by atoms with Gasteiger partial charge in [0.05, 0.1) is 20.4 Å². The summed E-state index contributed by atoms with van der Waals surface area (Å²) in [5.41, 5.74) is -1.41. The van der Waals surface area contributed by atoms with Crippen LogP contribution in [0.25, 0.3) is 10.8 Å². The lowest BCUT2D eigenvalue weighted by Gasteiger charge is -2.13. The number of benzene rings is 4. The van der Waals surface area contributed by atoms with Crippen LogP contribution in [0.3, 0.4) is 0 Å². The lowest BCUT2D eigenvalue weighted by molar-refractivity contribution is -0.137. The largest absolute Gasteiger partial charge is 0.417 e. The summed E-state index contributed by atoms with van der Waals surface area (Å²) in [4.78, 5) is -0.257. The molecule has 12 heteroatoms. The second-order valence-corrected chi connectivity index (χ2v) is 11.2. The Morgan fingerprint density at radius 1 is 0.629 bits per heavy atom. The number of hydrogen-bond acceptors (Lipinski definition) is 4. The van der Waals surface area contributed by atoms with Crippen LogP contribution >= 0.6 is 11.6 Å². The molecule has 35 heavy (non-hydrogen) atoms. The number of halogens is 4. The topological polar surface area (TPSA) is 92.3 Å². The summed E-state index contributed by atoms with van der Waals surface area (Å²) in [7, 11) is -8.22. The van der Waals surface area contributed by atoms with Crippen molar-refractivity contribution in [3.63, 3.8) is 0 Å². The number of anilines is 2. The van der Waals surface area contributed by atoms with E-state index in [4.69, 9.17) is 11.6 Å². The lowest BCUT2D eigenvalue weighted by Crippen LogP contribution is -2.15. The fraction of sp³-hybridized carbons (Fsp3) is 0.0435. The summed E-state index contributed by atoms with van der Waals surface area (Å²) < 4.78 is 94.4. The minimum atomic E-state index is -4.76. The van der Waals surface area contributed by atoms with Gasteiger partial charge in [-0.3, -0.25) is 9.44 Å². The zero-order valence-corrected chi connectivity index (χ0v) is 19.9. The van der Waals surface area contributed by atoms with E-state index < -0.39 is 36.8 Å². The predicted octanol–water partition coefficient (Wildman–Crippen LogP) is 6.11. The smallest absolute Gasteiger partial charge is 0.280 e. The summed E-state index contributed by atoms with van der Waals surface area (Å²) in [6.07, 6.45) is -4.76. The van der Waals surface area contributed by atoms with Gasteiger partial charge >= 0.3 is 6.18 Å². The molecule has 0 heterocycles. The molecule has 0 radical (unpaired) electrons. The van der Waals surface area contributed by atoms with Gasteiger partial charge in [0.2, 0.25) is 0 Å². The molecule has 0 atom stereocenters. The van der Waals surface area contributed by atoms with Crippen LogP contribution in [0, 0.1) is 0 Å². The minimum absolute atomic E-state index is 0.0257. The molecule has 0 saturated heterocycles. The Morgan fingerprint density at radius 2 is 1.17 bits per heavy atom. The number of fused-ring (bicyclic) bond motifs is 1. The number of rotatable bonds is 6. The zero-order valence-electron chi connectivity index (χ0n) is 17.5. The van der Waals surface area contributed by atoms with Gasteiger partial charge in [-0.05, 0) is 65.4 Å². The summed E-state index contributed by atoms with van der Waals surface area (Å²) in [5.74, 6) is 0. The first-order chi connectivity index (χ1) is 16.3. The van der Waals surface area contributed by atoms with Crippen LogP contribution in [0.1, 0.15) is 5.56 Å². The van der Waals surface area contributed by atoms with Gasteiger partial charge in [-0.1, -0.05) is 41.9 Å². The Hall–Kier alpha value is -3.28. The van der Waals surface area contributed by atoms with Crippen molar-refractivity contribution in [2.75, 3.05) is 9.44 Å². The summed E-state index contributed by atoms with van der Waals surface area (Å²) in [6, 6.07) is 19.2. The lowest BCUT2D eigenvalue weighted by atomic mass is 10.1. The highest BCUT2D eigenvalue weighted by atomic mass is 35.5. The molecule has 182 valence electrons. The van der Waals surface area contributed by atoms with Gasteiger partial charge in [-0.2, -0.15) is 13.2 Å². The van der Waals surface area contributed by atoms with E-state index in [2.05, 4.69) is 9.44 Å². The highest BCUT2D eigenvalue weighted by molar-refractivity contribution is 7.93. The van der Waals surface area contributed by atoms with Crippen molar-refractivity contribution >= 4 is 53.8 Å². The molecule has 0 spiro atoms. The van der Waals surface area contributed by atoms with Crippen LogP contribution in [0.2, 0.25) is 5.02 Å². The average Bonchev–Trinajstić information content (AvgIpc) is 2.79. The molecule has 0 aliphatic rings. The van der Waals surface area contributed by atoms with E-state index in [1.165, 1.54) is 24.3 Å². The van der Waals surface area contributed by atoms with Crippen molar-refractivity contribution < 1.29 is 30.0 Å². The van der Waals surface area contributed by atoms with Gasteiger partial charge in [-0.25, -0.2) is 16.8 Å². The molecule has 4 aromatic carbocycles. The predicted molar refractivity (Wildman–Crippen MR) is 128 cm³/mol. The van der Waals surface area contributed by atoms with Gasteiger partial charge in [0, 0.05) is 11.4 Å². The number of nitrogens with one attached hydrogen (secondary N) is 2. The molecule has 0 aliphatic carbocycles. The van der Waals surface area contributed by atoms with Gasteiger partial charge in [0.25, 0.3) is 20.0 Å². The fourth-order valence-corrected chi connectivity index (χ4v) is 5.64. The van der Waals surface area contributed by atoms with Gasteiger partial charge < -0.3 is 0 Å². The number of hydrogen-bond donors (Lipinski definition) is 2. The third-order valence-electron chi connectivity index (χ3n) is 4.97. The standard InChI is InChI=1S/C23H16ClF3N2O4S2/c24-22-12-8-18(14-21(22)23(25,26)27)29-34(30,31)19-10-6-17(7-11-19)28-35(32,33)20-9-5-15-3-1-2-4-16(15)13-20/h1-14,28-29H. The Bertz CT molecular complexity index is 1620.